The second-order valence-electron chi connectivity index (χ2n) is 7.58. The van der Waals surface area contributed by atoms with Crippen molar-refractivity contribution in [2.75, 3.05) is 5.43 Å². The van der Waals surface area contributed by atoms with Gasteiger partial charge in [-0.25, -0.2) is 9.48 Å². The highest BCUT2D eigenvalue weighted by molar-refractivity contribution is 6.58. The first-order valence-corrected chi connectivity index (χ1v) is 10.6. The minimum atomic E-state index is -1.57. The predicted octanol–water partition coefficient (Wildman–Crippen LogP) is 3.33. The van der Waals surface area contributed by atoms with Gasteiger partial charge in [0.05, 0.1) is 28.2 Å². The van der Waals surface area contributed by atoms with Crippen molar-refractivity contribution in [1.82, 2.24) is 9.78 Å². The van der Waals surface area contributed by atoms with Gasteiger partial charge in [0.1, 0.15) is 5.69 Å². The molecule has 170 valence electrons. The summed E-state index contributed by atoms with van der Waals surface area (Å²) in [7, 11) is -1.57. The molecule has 0 bridgehead atoms. The van der Waals surface area contributed by atoms with E-state index in [0.29, 0.717) is 33.1 Å². The number of nitrogens with zero attached hydrogens (tertiary/aromatic N) is 3. The Morgan fingerprint density at radius 2 is 1.79 bits per heavy atom. The van der Waals surface area contributed by atoms with Gasteiger partial charge < -0.3 is 15.2 Å². The molecule has 4 N–H and O–H groups in total. The number of aryl methyl sites for hydroxylation is 1. The molecule has 1 aromatic heterocycles. The molecule has 0 aliphatic carbocycles. The molecule has 0 atom stereocenters. The van der Waals surface area contributed by atoms with E-state index in [0.717, 1.165) is 11.1 Å². The molecule has 10 heteroatoms. The maximum Gasteiger partial charge on any atom is 0.488 e. The fraction of sp³-hybridized carbons (Fsp3) is 0.0417. The van der Waals surface area contributed by atoms with Crippen molar-refractivity contribution in [3.63, 3.8) is 0 Å². The van der Waals surface area contributed by atoms with Gasteiger partial charge in [0, 0.05) is 17.3 Å². The molecule has 0 saturated carbocycles. The van der Waals surface area contributed by atoms with Gasteiger partial charge in [-0.15, -0.1) is 0 Å². The van der Waals surface area contributed by atoms with Crippen LogP contribution in [-0.4, -0.2) is 44.2 Å². The summed E-state index contributed by atoms with van der Waals surface area (Å²) in [5, 5.41) is 37.4. The number of hydrogen-bond donors (Lipinski definition) is 4. The van der Waals surface area contributed by atoms with Gasteiger partial charge in [0.15, 0.2) is 0 Å². The Balaban J connectivity index is 1.69. The van der Waals surface area contributed by atoms with Gasteiger partial charge in [-0.1, -0.05) is 41.9 Å². The van der Waals surface area contributed by atoms with Crippen LogP contribution in [0.1, 0.15) is 21.5 Å². The zero-order valence-corrected chi connectivity index (χ0v) is 18.8. The van der Waals surface area contributed by atoms with Crippen molar-refractivity contribution in [1.29, 1.82) is 0 Å². The first kappa shape index (κ1) is 23.3. The lowest BCUT2D eigenvalue weighted by Crippen LogP contribution is -2.29. The van der Waals surface area contributed by atoms with Gasteiger partial charge in [-0.05, 0) is 54.3 Å². The number of carbonyl (C=O) groups is 1. The summed E-state index contributed by atoms with van der Waals surface area (Å²) in [6.07, 6.45) is 3.37. The number of rotatable bonds is 7. The predicted molar refractivity (Wildman–Crippen MR) is 133 cm³/mol. The molecule has 0 radical (unpaired) electrons. The summed E-state index contributed by atoms with van der Waals surface area (Å²) in [5.74, 6) is -1.01. The maximum absolute atomic E-state index is 11.2. The van der Waals surface area contributed by atoms with Crippen LogP contribution in [0.2, 0.25) is 5.02 Å². The van der Waals surface area contributed by atoms with Crippen molar-refractivity contribution in [2.45, 2.75) is 6.92 Å². The molecule has 4 aromatic rings. The van der Waals surface area contributed by atoms with Crippen LogP contribution >= 0.6 is 11.6 Å². The lowest BCUT2D eigenvalue weighted by Gasteiger charge is -2.04. The summed E-state index contributed by atoms with van der Waals surface area (Å²) >= 11 is 6.26. The average molecular weight is 475 g/mol. The first-order chi connectivity index (χ1) is 16.3. The SMILES string of the molecule is Cc1ccc(N/N=C/c2cn(-c3ccc(C(=O)O)cc3)nc2-c2ccc(B(O)O)cc2)c(Cl)c1. The number of anilines is 1. The molecule has 4 rings (SSSR count). The van der Waals surface area contributed by atoms with E-state index in [1.54, 1.807) is 53.5 Å². The fourth-order valence-corrected chi connectivity index (χ4v) is 3.57. The minimum absolute atomic E-state index is 0.176. The standard InChI is InChI=1S/C24H20BClN4O4/c1-15-2-11-22(21(26)12-15)28-27-13-18-14-30(20-9-5-17(6-10-20)24(31)32)29-23(18)16-3-7-19(8-4-16)25(33)34/h2-14,28,33-34H,1H3,(H,31,32)/b27-13+. The van der Waals surface area contributed by atoms with Gasteiger partial charge in [-0.2, -0.15) is 10.2 Å². The summed E-state index contributed by atoms with van der Waals surface area (Å²) in [6, 6.07) is 18.6. The molecule has 0 aliphatic heterocycles. The normalized spacial score (nSPS) is 11.1. The topological polar surface area (TPSA) is 120 Å². The Morgan fingerprint density at radius 1 is 1.09 bits per heavy atom. The summed E-state index contributed by atoms with van der Waals surface area (Å²) < 4.78 is 1.62. The smallest absolute Gasteiger partial charge is 0.478 e. The average Bonchev–Trinajstić information content (AvgIpc) is 3.24. The highest BCUT2D eigenvalue weighted by atomic mass is 35.5. The van der Waals surface area contributed by atoms with Gasteiger partial charge in [-0.3, -0.25) is 5.43 Å². The van der Waals surface area contributed by atoms with Crippen LogP contribution in [0.25, 0.3) is 16.9 Å². The Labute approximate surface area is 200 Å². The number of hydrazone groups is 1. The maximum atomic E-state index is 11.2. The highest BCUT2D eigenvalue weighted by Crippen LogP contribution is 2.24. The van der Waals surface area contributed by atoms with Crippen LogP contribution in [0.4, 0.5) is 5.69 Å². The molecule has 0 fully saturated rings. The number of hydrogen-bond acceptors (Lipinski definition) is 6. The van der Waals surface area contributed by atoms with E-state index < -0.39 is 13.1 Å². The van der Waals surface area contributed by atoms with Crippen LogP contribution < -0.4 is 10.9 Å². The zero-order chi connectivity index (χ0) is 24.2. The van der Waals surface area contributed by atoms with Crippen LogP contribution in [-0.2, 0) is 0 Å². The van der Waals surface area contributed by atoms with Crippen molar-refractivity contribution in [2.24, 2.45) is 5.10 Å². The zero-order valence-electron chi connectivity index (χ0n) is 18.1. The van der Waals surface area contributed by atoms with E-state index in [1.807, 2.05) is 25.1 Å². The fourth-order valence-electron chi connectivity index (χ4n) is 3.29. The van der Waals surface area contributed by atoms with Crippen LogP contribution in [0.5, 0.6) is 0 Å². The Morgan fingerprint density at radius 3 is 2.41 bits per heavy atom. The van der Waals surface area contributed by atoms with E-state index >= 15 is 0 Å². The molecule has 0 amide bonds. The Hall–Kier alpha value is -3.92. The van der Waals surface area contributed by atoms with E-state index in [9.17, 15) is 14.8 Å². The van der Waals surface area contributed by atoms with Crippen molar-refractivity contribution >= 4 is 42.1 Å². The highest BCUT2D eigenvalue weighted by Gasteiger charge is 2.15. The van der Waals surface area contributed by atoms with Gasteiger partial charge in [0.25, 0.3) is 0 Å². The quantitative estimate of drug-likeness (QED) is 0.185. The molecule has 0 aliphatic rings. The number of aromatic nitrogens is 2. The summed E-state index contributed by atoms with van der Waals surface area (Å²) in [4.78, 5) is 11.2. The number of carboxylic acids is 1. The minimum Gasteiger partial charge on any atom is -0.478 e. The van der Waals surface area contributed by atoms with E-state index in [-0.39, 0.29) is 5.56 Å². The number of aromatic carboxylic acids is 1. The van der Waals surface area contributed by atoms with Crippen LogP contribution in [0, 0.1) is 6.92 Å². The van der Waals surface area contributed by atoms with Crippen LogP contribution in [0.3, 0.4) is 0 Å². The molecular formula is C24H20BClN4O4. The third-order valence-electron chi connectivity index (χ3n) is 5.12. The number of halogens is 1. The second-order valence-corrected chi connectivity index (χ2v) is 7.99. The lowest BCUT2D eigenvalue weighted by atomic mass is 9.80. The molecular weight excluding hydrogens is 455 g/mol. The number of carboxylic acid groups (broad SMARTS) is 1. The van der Waals surface area contributed by atoms with E-state index in [2.05, 4.69) is 15.6 Å². The lowest BCUT2D eigenvalue weighted by molar-refractivity contribution is 0.0697. The van der Waals surface area contributed by atoms with Crippen molar-refractivity contribution in [3.8, 4) is 16.9 Å². The van der Waals surface area contributed by atoms with Crippen molar-refractivity contribution < 1.29 is 19.9 Å². The first-order valence-electron chi connectivity index (χ1n) is 10.3. The number of benzene rings is 3. The molecule has 8 nitrogen and oxygen atoms in total. The molecule has 3 aromatic carbocycles. The molecule has 0 unspecified atom stereocenters. The Bertz CT molecular complexity index is 1350. The third-order valence-corrected chi connectivity index (χ3v) is 5.43. The Kier molecular flexibility index (Phi) is 6.78. The molecule has 34 heavy (non-hydrogen) atoms. The second kappa shape index (κ2) is 9.92. The monoisotopic (exact) mass is 474 g/mol. The largest absolute Gasteiger partial charge is 0.488 e. The van der Waals surface area contributed by atoms with E-state index in [4.69, 9.17) is 16.7 Å². The van der Waals surface area contributed by atoms with Gasteiger partial charge >= 0.3 is 13.1 Å². The third kappa shape index (κ3) is 5.18. The number of nitrogens with one attached hydrogen (secondary N) is 1. The summed E-state index contributed by atoms with van der Waals surface area (Å²) in [6.45, 7) is 1.95. The molecule has 0 spiro atoms. The summed E-state index contributed by atoms with van der Waals surface area (Å²) in [5.41, 5.74) is 7.84. The molecule has 1 heterocycles. The van der Waals surface area contributed by atoms with Gasteiger partial charge in [0.2, 0.25) is 0 Å². The van der Waals surface area contributed by atoms with Crippen molar-refractivity contribution in [3.05, 3.63) is 94.6 Å². The van der Waals surface area contributed by atoms with E-state index in [1.165, 1.54) is 12.1 Å². The molecule has 0 saturated heterocycles. The van der Waals surface area contributed by atoms with Crippen LogP contribution in [0.15, 0.2) is 78.0 Å².